The first-order chi connectivity index (χ1) is 11.9. The fraction of sp³-hybridized carbons (Fsp3) is 0.727. The second-order valence-electron chi connectivity index (χ2n) is 4.80. The van der Waals surface area contributed by atoms with Crippen LogP contribution in [-0.4, -0.2) is 45.2 Å². The van der Waals surface area contributed by atoms with Crippen LogP contribution < -0.4 is 0 Å². The Kier molecular flexibility index (Phi) is 8.14. The molecule has 0 amide bonds. The zero-order chi connectivity index (χ0) is 21.7. The van der Waals surface area contributed by atoms with Gasteiger partial charge in [-0.05, 0) is 6.42 Å². The molecular formula is C11H11F9O6Si. The van der Waals surface area contributed by atoms with Crippen molar-refractivity contribution in [3.63, 3.8) is 0 Å². The Bertz CT molecular complexity index is 485. The van der Waals surface area contributed by atoms with Gasteiger partial charge in [0.2, 0.25) is 0 Å². The minimum atomic E-state index is -6.06. The first-order valence-electron chi connectivity index (χ1n) is 6.85. The summed E-state index contributed by atoms with van der Waals surface area (Å²) in [5, 5.41) is 0. The van der Waals surface area contributed by atoms with E-state index in [0.717, 1.165) is 0 Å². The van der Waals surface area contributed by atoms with Crippen molar-refractivity contribution in [1.29, 1.82) is 0 Å². The number of carbonyl (C=O) groups is 3. The van der Waals surface area contributed by atoms with E-state index in [0.29, 0.717) is 0 Å². The summed E-state index contributed by atoms with van der Waals surface area (Å²) in [5.74, 6) is -9.85. The van der Waals surface area contributed by atoms with Crippen molar-refractivity contribution in [2.75, 3.05) is 0 Å². The third-order valence-corrected chi connectivity index (χ3v) is 4.98. The number of rotatable bonds is 7. The molecule has 0 aliphatic heterocycles. The van der Waals surface area contributed by atoms with Gasteiger partial charge in [-0.3, -0.25) is 0 Å². The summed E-state index contributed by atoms with van der Waals surface area (Å²) >= 11 is 0. The molecule has 0 heterocycles. The van der Waals surface area contributed by atoms with Crippen LogP contribution in [0, 0.1) is 0 Å². The molecule has 0 spiro atoms. The molecule has 0 aromatic rings. The first-order valence-corrected chi connectivity index (χ1v) is 8.78. The largest absolute Gasteiger partial charge is 0.705 e. The van der Waals surface area contributed by atoms with Gasteiger partial charge in [0.25, 0.3) is 0 Å². The minimum absolute atomic E-state index is 0.00541. The molecule has 0 fully saturated rings. The lowest BCUT2D eigenvalue weighted by Gasteiger charge is -2.28. The molecule has 0 saturated carbocycles. The summed E-state index contributed by atoms with van der Waals surface area (Å²) in [7, 11) is -6.06. The molecule has 0 N–H and O–H groups in total. The van der Waals surface area contributed by atoms with Gasteiger partial charge in [0.05, 0.1) is 6.04 Å². The molecule has 0 aliphatic rings. The summed E-state index contributed by atoms with van der Waals surface area (Å²) in [4.78, 5) is 32.8. The van der Waals surface area contributed by atoms with Crippen LogP contribution in [0.5, 0.6) is 0 Å². The first kappa shape index (κ1) is 25.0. The molecule has 6 nitrogen and oxygen atoms in total. The van der Waals surface area contributed by atoms with Crippen molar-refractivity contribution >= 4 is 26.7 Å². The van der Waals surface area contributed by atoms with Crippen molar-refractivity contribution in [2.45, 2.75) is 50.8 Å². The van der Waals surface area contributed by atoms with Crippen LogP contribution in [0.15, 0.2) is 0 Å². The average Bonchev–Trinajstić information content (AvgIpc) is 2.44. The molecule has 0 aromatic heterocycles. The Hall–Kier alpha value is -2.00. The number of hydrogen-bond acceptors (Lipinski definition) is 6. The molecule has 0 radical (unpaired) electrons. The van der Waals surface area contributed by atoms with Crippen LogP contribution in [0.2, 0.25) is 6.04 Å². The topological polar surface area (TPSA) is 78.9 Å². The van der Waals surface area contributed by atoms with E-state index in [1.807, 2.05) is 0 Å². The summed E-state index contributed by atoms with van der Waals surface area (Å²) in [6, 6.07) is -1.27. The van der Waals surface area contributed by atoms with Crippen molar-refractivity contribution < 1.29 is 67.2 Å². The predicted octanol–water partition coefficient (Wildman–Crippen LogP) is 3.43. The lowest BCUT2D eigenvalue weighted by atomic mass is 10.3. The molecular weight excluding hydrogens is 427 g/mol. The molecule has 0 unspecified atom stereocenters. The summed E-state index contributed by atoms with van der Waals surface area (Å²) < 4.78 is 122. The van der Waals surface area contributed by atoms with Gasteiger partial charge in [0.15, 0.2) is 0 Å². The maximum absolute atomic E-state index is 12.3. The smallest absolute Gasteiger partial charge is 0.448 e. The van der Waals surface area contributed by atoms with E-state index in [9.17, 15) is 53.9 Å². The fourth-order valence-corrected chi connectivity index (χ4v) is 3.71. The highest BCUT2D eigenvalue weighted by molar-refractivity contribution is 6.65. The van der Waals surface area contributed by atoms with Gasteiger partial charge in [-0.15, -0.1) is 0 Å². The molecule has 0 saturated heterocycles. The van der Waals surface area contributed by atoms with Crippen molar-refractivity contribution in [3.05, 3.63) is 0 Å². The Morgan fingerprint density at radius 3 is 1.19 bits per heavy atom. The van der Waals surface area contributed by atoms with Gasteiger partial charge in [-0.1, -0.05) is 19.8 Å². The van der Waals surface area contributed by atoms with Crippen LogP contribution in [-0.2, 0) is 27.7 Å². The molecule has 0 aliphatic carbocycles. The number of halogens is 9. The van der Waals surface area contributed by atoms with E-state index >= 15 is 0 Å². The van der Waals surface area contributed by atoms with Gasteiger partial charge >= 0.3 is 45.2 Å². The summed E-state index contributed by atoms with van der Waals surface area (Å²) in [6.07, 6.45) is -17.8. The maximum Gasteiger partial charge on any atom is 0.705 e. The lowest BCUT2D eigenvalue weighted by molar-refractivity contribution is -0.209. The fourth-order valence-electron chi connectivity index (χ4n) is 1.40. The zero-order valence-electron chi connectivity index (χ0n) is 13.2. The average molecular weight is 438 g/mol. The Morgan fingerprint density at radius 1 is 0.667 bits per heavy atom. The van der Waals surface area contributed by atoms with Crippen LogP contribution in [0.1, 0.15) is 26.2 Å². The second kappa shape index (κ2) is 8.79. The van der Waals surface area contributed by atoms with Crippen molar-refractivity contribution in [1.82, 2.24) is 0 Å². The van der Waals surface area contributed by atoms with Gasteiger partial charge in [-0.25, -0.2) is 14.4 Å². The molecule has 0 bridgehead atoms. The van der Waals surface area contributed by atoms with Gasteiger partial charge in [0, 0.05) is 0 Å². The number of hydrogen-bond donors (Lipinski definition) is 0. The molecule has 0 aromatic carbocycles. The molecule has 16 heteroatoms. The van der Waals surface area contributed by atoms with E-state index in [2.05, 4.69) is 13.3 Å². The van der Waals surface area contributed by atoms with E-state index in [1.165, 1.54) is 6.92 Å². The quantitative estimate of drug-likeness (QED) is 0.344. The van der Waals surface area contributed by atoms with Crippen molar-refractivity contribution in [2.24, 2.45) is 0 Å². The minimum Gasteiger partial charge on any atom is -0.448 e. The summed E-state index contributed by atoms with van der Waals surface area (Å²) in [6.45, 7) is 1.49. The Labute approximate surface area is 145 Å². The predicted molar refractivity (Wildman–Crippen MR) is 66.5 cm³/mol. The van der Waals surface area contributed by atoms with E-state index < -0.39 is 57.7 Å². The Balaban J connectivity index is 5.98. The van der Waals surface area contributed by atoms with E-state index in [4.69, 9.17) is 0 Å². The highest BCUT2D eigenvalue weighted by Crippen LogP contribution is 2.30. The molecule has 27 heavy (non-hydrogen) atoms. The molecule has 158 valence electrons. The van der Waals surface area contributed by atoms with Crippen molar-refractivity contribution in [3.8, 4) is 0 Å². The number of carbonyl (C=O) groups excluding carboxylic acids is 3. The van der Waals surface area contributed by atoms with Crippen LogP contribution >= 0.6 is 0 Å². The normalized spacial score (nSPS) is 13.1. The monoisotopic (exact) mass is 438 g/mol. The highest BCUT2D eigenvalue weighted by atomic mass is 28.4. The molecule has 0 rings (SSSR count). The third-order valence-electron chi connectivity index (χ3n) is 2.53. The zero-order valence-corrected chi connectivity index (χ0v) is 14.2. The van der Waals surface area contributed by atoms with Gasteiger partial charge in [0.1, 0.15) is 0 Å². The third kappa shape index (κ3) is 8.48. The summed E-state index contributed by atoms with van der Waals surface area (Å²) in [5.41, 5.74) is 0. The van der Waals surface area contributed by atoms with Gasteiger partial charge < -0.3 is 13.3 Å². The van der Waals surface area contributed by atoms with E-state index in [1.54, 1.807) is 0 Å². The van der Waals surface area contributed by atoms with Crippen LogP contribution in [0.4, 0.5) is 39.5 Å². The number of unbranched alkanes of at least 4 members (excludes halogenated alkanes) is 2. The Morgan fingerprint density at radius 2 is 0.963 bits per heavy atom. The SMILES string of the molecule is CCCCC[Si](OC(=O)C(F)(F)F)(OC(=O)C(F)(F)F)OC(=O)C(F)(F)F. The number of alkyl halides is 9. The lowest BCUT2D eigenvalue weighted by Crippen LogP contribution is -2.55. The maximum atomic E-state index is 12.3. The van der Waals surface area contributed by atoms with Crippen LogP contribution in [0.3, 0.4) is 0 Å². The highest BCUT2D eigenvalue weighted by Gasteiger charge is 2.62. The second-order valence-corrected chi connectivity index (χ2v) is 7.28. The molecule has 0 atom stereocenters. The van der Waals surface area contributed by atoms with E-state index in [-0.39, 0.29) is 12.8 Å². The van der Waals surface area contributed by atoms with Gasteiger partial charge in [-0.2, -0.15) is 39.5 Å². The standard InChI is InChI=1S/C11H11F9O6Si/c1-2-3-4-5-27(24-6(21)9(12,13)14,25-7(22)10(15,16)17)26-8(23)11(18,19)20/h2-5H2,1H3. The van der Waals surface area contributed by atoms with Crippen LogP contribution in [0.25, 0.3) is 0 Å².